The highest BCUT2D eigenvalue weighted by molar-refractivity contribution is 7.80. The van der Waals surface area contributed by atoms with E-state index < -0.39 is 5.92 Å². The fourth-order valence-electron chi connectivity index (χ4n) is 2.57. The highest BCUT2D eigenvalue weighted by atomic mass is 35.5. The van der Waals surface area contributed by atoms with Gasteiger partial charge in [-0.3, -0.25) is 9.78 Å². The summed E-state index contributed by atoms with van der Waals surface area (Å²) in [6.45, 7) is 0.463. The van der Waals surface area contributed by atoms with Gasteiger partial charge in [0.05, 0.1) is 17.3 Å². The predicted molar refractivity (Wildman–Crippen MR) is 88.5 cm³/mol. The zero-order valence-electron chi connectivity index (χ0n) is 11.9. The molecule has 1 aromatic heterocycles. The molecule has 4 nitrogen and oxygen atoms in total. The van der Waals surface area contributed by atoms with Crippen LogP contribution >= 0.6 is 24.6 Å². The first-order valence-corrected chi connectivity index (χ1v) is 7.46. The lowest BCUT2D eigenvalue weighted by Crippen LogP contribution is -2.30. The van der Waals surface area contributed by atoms with Crippen molar-refractivity contribution in [1.29, 1.82) is 0 Å². The molecule has 2 N–H and O–H groups in total. The van der Waals surface area contributed by atoms with E-state index in [1.807, 2.05) is 6.07 Å². The van der Waals surface area contributed by atoms with E-state index in [-0.39, 0.29) is 23.4 Å². The molecule has 1 saturated carbocycles. The van der Waals surface area contributed by atoms with Gasteiger partial charge in [-0.1, -0.05) is 37.5 Å². The van der Waals surface area contributed by atoms with E-state index in [9.17, 15) is 4.79 Å². The number of esters is 1. The second-order valence-corrected chi connectivity index (χ2v) is 5.70. The van der Waals surface area contributed by atoms with E-state index in [2.05, 4.69) is 4.98 Å². The third-order valence-electron chi connectivity index (χ3n) is 3.69. The van der Waals surface area contributed by atoms with Gasteiger partial charge in [0, 0.05) is 6.20 Å². The van der Waals surface area contributed by atoms with Crippen molar-refractivity contribution in [2.75, 3.05) is 6.61 Å². The van der Waals surface area contributed by atoms with Gasteiger partial charge in [-0.15, -0.1) is 12.4 Å². The molecule has 0 bridgehead atoms. The van der Waals surface area contributed by atoms with Crippen LogP contribution in [-0.2, 0) is 9.53 Å². The molecule has 2 rings (SSSR count). The Kier molecular flexibility index (Phi) is 7.61. The normalized spacial score (nSPS) is 16.6. The number of carbonyl (C=O) groups excluding carboxylic acids is 1. The minimum Gasteiger partial charge on any atom is -0.465 e. The summed E-state index contributed by atoms with van der Waals surface area (Å²) in [4.78, 5) is 16.5. The third kappa shape index (κ3) is 5.25. The Balaban J connectivity index is 0.00000220. The minimum absolute atomic E-state index is 0. The maximum absolute atomic E-state index is 12.2. The fraction of sp³-hybridized carbons (Fsp3) is 0.533. The van der Waals surface area contributed by atoms with Crippen LogP contribution in [-0.4, -0.2) is 22.5 Å². The maximum Gasteiger partial charge on any atom is 0.322 e. The van der Waals surface area contributed by atoms with E-state index in [4.69, 9.17) is 22.7 Å². The van der Waals surface area contributed by atoms with E-state index >= 15 is 0 Å². The molecule has 1 heterocycles. The van der Waals surface area contributed by atoms with Crippen molar-refractivity contribution in [3.63, 3.8) is 0 Å². The lowest BCUT2D eigenvalue weighted by atomic mass is 9.90. The van der Waals surface area contributed by atoms with Crippen molar-refractivity contribution in [3.8, 4) is 0 Å². The van der Waals surface area contributed by atoms with E-state index in [1.54, 1.807) is 18.3 Å². The van der Waals surface area contributed by atoms with Crippen molar-refractivity contribution in [1.82, 2.24) is 4.98 Å². The lowest BCUT2D eigenvalue weighted by molar-refractivity contribution is -0.145. The van der Waals surface area contributed by atoms with Gasteiger partial charge in [0.25, 0.3) is 0 Å². The van der Waals surface area contributed by atoms with Crippen molar-refractivity contribution < 1.29 is 9.53 Å². The molecule has 1 atom stereocenters. The number of halogens is 1. The van der Waals surface area contributed by atoms with Crippen molar-refractivity contribution in [3.05, 3.63) is 30.1 Å². The second-order valence-electron chi connectivity index (χ2n) is 5.22. The van der Waals surface area contributed by atoms with Gasteiger partial charge in [-0.2, -0.15) is 0 Å². The van der Waals surface area contributed by atoms with Crippen LogP contribution in [0.4, 0.5) is 0 Å². The first kappa shape index (κ1) is 17.9. The van der Waals surface area contributed by atoms with E-state index in [0.717, 1.165) is 12.8 Å². The maximum atomic E-state index is 12.2. The molecule has 1 fully saturated rings. The Morgan fingerprint density at radius 2 is 2.10 bits per heavy atom. The van der Waals surface area contributed by atoms with Crippen LogP contribution in [0.15, 0.2) is 24.4 Å². The summed E-state index contributed by atoms with van der Waals surface area (Å²) < 4.78 is 5.41. The first-order valence-electron chi connectivity index (χ1n) is 7.05. The van der Waals surface area contributed by atoms with E-state index in [1.165, 1.54) is 19.3 Å². The minimum atomic E-state index is -0.741. The number of nitrogens with two attached hydrogens (primary N) is 1. The average Bonchev–Trinajstić information content (AvgIpc) is 2.47. The Bertz CT molecular complexity index is 464. The smallest absolute Gasteiger partial charge is 0.322 e. The number of thiocarbonyl (C=S) groups is 1. The number of rotatable bonds is 5. The van der Waals surface area contributed by atoms with Crippen molar-refractivity contribution in [2.24, 2.45) is 11.7 Å². The summed E-state index contributed by atoms with van der Waals surface area (Å²) in [6, 6.07) is 5.33. The van der Waals surface area contributed by atoms with Gasteiger partial charge >= 0.3 is 5.97 Å². The zero-order chi connectivity index (χ0) is 14.4. The SMILES string of the molecule is Cl.NC(=S)C(C(=O)OCC1CCCCC1)c1ccccn1. The number of nitrogens with zero attached hydrogens (tertiary/aromatic N) is 1. The lowest BCUT2D eigenvalue weighted by Gasteiger charge is -2.22. The number of carbonyl (C=O) groups is 1. The third-order valence-corrected chi connectivity index (χ3v) is 3.93. The molecule has 1 aliphatic carbocycles. The molecule has 1 aliphatic rings. The molecule has 0 amide bonds. The number of hydrogen-bond donors (Lipinski definition) is 1. The summed E-state index contributed by atoms with van der Waals surface area (Å²) in [5.74, 6) is -0.653. The Morgan fingerprint density at radius 3 is 2.67 bits per heavy atom. The van der Waals surface area contributed by atoms with Crippen LogP contribution < -0.4 is 5.73 Å². The highest BCUT2D eigenvalue weighted by Gasteiger charge is 2.27. The molecular weight excluding hydrogens is 308 g/mol. The van der Waals surface area contributed by atoms with Crippen LogP contribution in [0.1, 0.15) is 43.7 Å². The standard InChI is InChI=1S/C15H20N2O2S.ClH/c16-14(20)13(12-8-4-5-9-17-12)15(18)19-10-11-6-2-1-3-7-11;/h4-5,8-9,11,13H,1-3,6-7,10H2,(H2,16,20);1H. The Hall–Kier alpha value is -1.20. The summed E-state index contributed by atoms with van der Waals surface area (Å²) in [5, 5.41) is 0. The summed E-state index contributed by atoms with van der Waals surface area (Å²) in [6.07, 6.45) is 7.62. The molecular formula is C15H21ClN2O2S. The quantitative estimate of drug-likeness (QED) is 0.665. The molecule has 0 aromatic carbocycles. The largest absolute Gasteiger partial charge is 0.465 e. The van der Waals surface area contributed by atoms with Gasteiger partial charge in [-0.25, -0.2) is 0 Å². The molecule has 0 saturated heterocycles. The number of pyridine rings is 1. The first-order chi connectivity index (χ1) is 9.68. The topological polar surface area (TPSA) is 65.2 Å². The molecule has 0 spiro atoms. The van der Waals surface area contributed by atoms with Crippen LogP contribution in [0, 0.1) is 5.92 Å². The van der Waals surface area contributed by atoms with Gasteiger partial charge < -0.3 is 10.5 Å². The second kappa shape index (κ2) is 8.95. The Labute approximate surface area is 136 Å². The predicted octanol–water partition coefficient (Wildman–Crippen LogP) is 3.00. The van der Waals surface area contributed by atoms with Crippen LogP contribution in [0.3, 0.4) is 0 Å². The highest BCUT2D eigenvalue weighted by Crippen LogP contribution is 2.24. The molecule has 0 radical (unpaired) electrons. The van der Waals surface area contributed by atoms with Gasteiger partial charge in [0.2, 0.25) is 0 Å². The van der Waals surface area contributed by atoms with Gasteiger partial charge in [0.15, 0.2) is 0 Å². The number of aromatic nitrogens is 1. The van der Waals surface area contributed by atoms with Crippen LogP contribution in [0.25, 0.3) is 0 Å². The summed E-state index contributed by atoms with van der Waals surface area (Å²) >= 11 is 4.98. The number of ether oxygens (including phenoxy) is 1. The summed E-state index contributed by atoms with van der Waals surface area (Å²) in [7, 11) is 0. The molecule has 1 unspecified atom stereocenters. The molecule has 6 heteroatoms. The monoisotopic (exact) mass is 328 g/mol. The number of hydrogen-bond acceptors (Lipinski definition) is 4. The Morgan fingerprint density at radius 1 is 1.38 bits per heavy atom. The van der Waals surface area contributed by atoms with Crippen LogP contribution in [0.5, 0.6) is 0 Å². The fourth-order valence-corrected chi connectivity index (χ4v) is 2.78. The van der Waals surface area contributed by atoms with Crippen LogP contribution in [0.2, 0.25) is 0 Å². The zero-order valence-corrected chi connectivity index (χ0v) is 13.5. The average molecular weight is 329 g/mol. The molecule has 0 aliphatic heterocycles. The molecule has 1 aromatic rings. The molecule has 116 valence electrons. The molecule has 21 heavy (non-hydrogen) atoms. The van der Waals surface area contributed by atoms with Gasteiger partial charge in [0.1, 0.15) is 5.92 Å². The van der Waals surface area contributed by atoms with Crippen molar-refractivity contribution in [2.45, 2.75) is 38.0 Å². The van der Waals surface area contributed by atoms with Gasteiger partial charge in [-0.05, 0) is 30.9 Å². The summed E-state index contributed by atoms with van der Waals surface area (Å²) in [5.41, 5.74) is 6.22. The van der Waals surface area contributed by atoms with Crippen molar-refractivity contribution >= 4 is 35.6 Å². The van der Waals surface area contributed by atoms with E-state index in [0.29, 0.717) is 18.2 Å².